The lowest BCUT2D eigenvalue weighted by Crippen LogP contribution is -2.22. The number of fused-ring (bicyclic) bond motifs is 1. The van der Waals surface area contributed by atoms with E-state index < -0.39 is 5.97 Å². The van der Waals surface area contributed by atoms with Gasteiger partial charge in [0.25, 0.3) is 0 Å². The van der Waals surface area contributed by atoms with Crippen molar-refractivity contribution in [2.45, 2.75) is 32.6 Å². The Hall–Kier alpha value is -3.66. The van der Waals surface area contributed by atoms with Crippen LogP contribution in [0.1, 0.15) is 57.9 Å². The first kappa shape index (κ1) is 21.6. The molecule has 1 unspecified atom stereocenters. The van der Waals surface area contributed by atoms with Crippen molar-refractivity contribution in [1.29, 1.82) is 0 Å². The number of carboxylic acid groups (broad SMARTS) is 1. The summed E-state index contributed by atoms with van der Waals surface area (Å²) in [6.07, 6.45) is 5.72. The average Bonchev–Trinajstić information content (AvgIpc) is 2.79. The number of hydrogen-bond donors (Lipinski definition) is 2. The summed E-state index contributed by atoms with van der Waals surface area (Å²) in [7, 11) is 0. The van der Waals surface area contributed by atoms with Gasteiger partial charge in [-0.25, -0.2) is 4.79 Å². The number of nitrogens with one attached hydrogen (secondary N) is 1. The molecule has 0 saturated carbocycles. The molecule has 3 aromatic rings. The monoisotopic (exact) mass is 425 g/mol. The predicted molar refractivity (Wildman–Crippen MR) is 128 cm³/mol. The Balaban J connectivity index is 1.58. The SMILES string of the molecule is CC1C=Cc2cccc([C@@H](C)C(=O)Nc3ccccc3Cc3ccccc3C(=O)O)c2C1. The number of carboxylic acids is 1. The van der Waals surface area contributed by atoms with Gasteiger partial charge < -0.3 is 10.4 Å². The standard InChI is InChI=1S/C28H27NO3/c1-18-14-15-20-10-7-12-23(25(20)16-18)19(2)27(30)29-26-13-6-4-9-22(26)17-21-8-3-5-11-24(21)28(31)32/h3-15,18-19H,16-17H2,1-2H3,(H,29,30)(H,31,32)/t18?,19-/m1/s1. The van der Waals surface area contributed by atoms with Crippen molar-refractivity contribution in [3.8, 4) is 0 Å². The number of allylic oxidation sites excluding steroid dienone is 1. The molecule has 4 nitrogen and oxygen atoms in total. The van der Waals surface area contributed by atoms with Gasteiger partial charge in [0.05, 0.1) is 11.5 Å². The molecule has 0 spiro atoms. The zero-order valence-electron chi connectivity index (χ0n) is 18.3. The van der Waals surface area contributed by atoms with Crippen LogP contribution in [0.2, 0.25) is 0 Å². The highest BCUT2D eigenvalue weighted by molar-refractivity contribution is 5.97. The van der Waals surface area contributed by atoms with E-state index in [0.29, 0.717) is 23.6 Å². The molecule has 2 atom stereocenters. The second-order valence-electron chi connectivity index (χ2n) is 8.46. The van der Waals surface area contributed by atoms with Gasteiger partial charge in [-0.15, -0.1) is 0 Å². The Morgan fingerprint density at radius 2 is 1.72 bits per heavy atom. The lowest BCUT2D eigenvalue weighted by molar-refractivity contribution is -0.117. The Morgan fingerprint density at radius 1 is 1.00 bits per heavy atom. The molecular formula is C28H27NO3. The zero-order chi connectivity index (χ0) is 22.7. The van der Waals surface area contributed by atoms with Crippen molar-refractivity contribution in [2.75, 3.05) is 5.32 Å². The quantitative estimate of drug-likeness (QED) is 0.515. The minimum atomic E-state index is -0.951. The van der Waals surface area contributed by atoms with Gasteiger partial charge in [0.15, 0.2) is 0 Å². The van der Waals surface area contributed by atoms with Gasteiger partial charge in [-0.05, 0) is 59.2 Å². The fourth-order valence-corrected chi connectivity index (χ4v) is 4.35. The fraction of sp³-hybridized carbons (Fsp3) is 0.214. The summed E-state index contributed by atoms with van der Waals surface area (Å²) in [5, 5.41) is 12.6. The van der Waals surface area contributed by atoms with Crippen molar-refractivity contribution in [3.05, 3.63) is 106 Å². The molecule has 2 N–H and O–H groups in total. The summed E-state index contributed by atoms with van der Waals surface area (Å²) in [4.78, 5) is 24.8. The van der Waals surface area contributed by atoms with E-state index in [0.717, 1.165) is 17.5 Å². The number of carbonyl (C=O) groups excluding carboxylic acids is 1. The average molecular weight is 426 g/mol. The lowest BCUT2D eigenvalue weighted by atomic mass is 9.83. The first-order valence-electron chi connectivity index (χ1n) is 10.9. The number of amides is 1. The largest absolute Gasteiger partial charge is 0.478 e. The third-order valence-electron chi connectivity index (χ3n) is 6.14. The van der Waals surface area contributed by atoms with Crippen LogP contribution in [0.15, 0.2) is 72.8 Å². The maximum absolute atomic E-state index is 13.2. The first-order valence-corrected chi connectivity index (χ1v) is 10.9. The number of benzene rings is 3. The van der Waals surface area contributed by atoms with Gasteiger partial charge in [-0.1, -0.05) is 73.7 Å². The molecule has 1 aliphatic carbocycles. The summed E-state index contributed by atoms with van der Waals surface area (Å²) < 4.78 is 0. The summed E-state index contributed by atoms with van der Waals surface area (Å²) in [6, 6.07) is 20.7. The molecule has 4 rings (SSSR count). The minimum Gasteiger partial charge on any atom is -0.478 e. The van der Waals surface area contributed by atoms with E-state index in [1.54, 1.807) is 12.1 Å². The van der Waals surface area contributed by atoms with E-state index in [4.69, 9.17) is 0 Å². The van der Waals surface area contributed by atoms with Crippen molar-refractivity contribution >= 4 is 23.6 Å². The molecule has 1 amide bonds. The van der Waals surface area contributed by atoms with Crippen LogP contribution in [-0.2, 0) is 17.6 Å². The van der Waals surface area contributed by atoms with Crippen LogP contribution in [0.5, 0.6) is 0 Å². The molecular weight excluding hydrogens is 398 g/mol. The van der Waals surface area contributed by atoms with Crippen LogP contribution in [0.4, 0.5) is 5.69 Å². The van der Waals surface area contributed by atoms with E-state index in [2.05, 4.69) is 30.5 Å². The number of rotatable bonds is 6. The first-order chi connectivity index (χ1) is 15.4. The highest BCUT2D eigenvalue weighted by atomic mass is 16.4. The molecule has 0 fully saturated rings. The molecule has 3 aromatic carbocycles. The summed E-state index contributed by atoms with van der Waals surface area (Å²) in [5.41, 5.74) is 6.08. The van der Waals surface area contributed by atoms with E-state index in [1.807, 2.05) is 55.5 Å². The predicted octanol–water partition coefficient (Wildman–Crippen LogP) is 5.92. The number of para-hydroxylation sites is 1. The van der Waals surface area contributed by atoms with Crippen molar-refractivity contribution in [2.24, 2.45) is 5.92 Å². The Kier molecular flexibility index (Phi) is 6.22. The third-order valence-corrected chi connectivity index (χ3v) is 6.14. The van der Waals surface area contributed by atoms with E-state index in [1.165, 1.54) is 11.1 Å². The Bertz CT molecular complexity index is 1190. The van der Waals surface area contributed by atoms with Gasteiger partial charge >= 0.3 is 5.97 Å². The Labute approximate surface area is 188 Å². The molecule has 162 valence electrons. The highest BCUT2D eigenvalue weighted by Gasteiger charge is 2.23. The number of hydrogen-bond acceptors (Lipinski definition) is 2. The molecule has 4 heteroatoms. The molecule has 0 aromatic heterocycles. The number of aromatic carboxylic acids is 1. The van der Waals surface area contributed by atoms with Gasteiger partial charge in [0, 0.05) is 12.1 Å². The van der Waals surface area contributed by atoms with Crippen LogP contribution in [0.3, 0.4) is 0 Å². The molecule has 0 bridgehead atoms. The van der Waals surface area contributed by atoms with Crippen molar-refractivity contribution in [3.63, 3.8) is 0 Å². The van der Waals surface area contributed by atoms with E-state index >= 15 is 0 Å². The fourth-order valence-electron chi connectivity index (χ4n) is 4.35. The van der Waals surface area contributed by atoms with E-state index in [9.17, 15) is 14.7 Å². The molecule has 0 aliphatic heterocycles. The highest BCUT2D eigenvalue weighted by Crippen LogP contribution is 2.31. The molecule has 32 heavy (non-hydrogen) atoms. The van der Waals surface area contributed by atoms with Crippen LogP contribution in [0.25, 0.3) is 6.08 Å². The maximum atomic E-state index is 13.2. The summed E-state index contributed by atoms with van der Waals surface area (Å²) in [5.74, 6) is -0.871. The minimum absolute atomic E-state index is 0.0698. The second-order valence-corrected chi connectivity index (χ2v) is 8.46. The lowest BCUT2D eigenvalue weighted by Gasteiger charge is -2.23. The van der Waals surface area contributed by atoms with Gasteiger partial charge in [0.1, 0.15) is 0 Å². The van der Waals surface area contributed by atoms with Crippen LogP contribution in [-0.4, -0.2) is 17.0 Å². The second kappa shape index (κ2) is 9.23. The molecule has 0 saturated heterocycles. The van der Waals surface area contributed by atoms with E-state index in [-0.39, 0.29) is 17.4 Å². The normalized spacial score (nSPS) is 15.6. The summed E-state index contributed by atoms with van der Waals surface area (Å²) in [6.45, 7) is 4.13. The molecule has 0 radical (unpaired) electrons. The molecule has 0 heterocycles. The van der Waals surface area contributed by atoms with Crippen molar-refractivity contribution < 1.29 is 14.7 Å². The topological polar surface area (TPSA) is 66.4 Å². The molecule has 1 aliphatic rings. The van der Waals surface area contributed by atoms with Crippen LogP contribution in [0, 0.1) is 5.92 Å². The smallest absolute Gasteiger partial charge is 0.335 e. The zero-order valence-corrected chi connectivity index (χ0v) is 18.3. The van der Waals surface area contributed by atoms with Gasteiger partial charge in [-0.3, -0.25) is 4.79 Å². The summed E-state index contributed by atoms with van der Waals surface area (Å²) >= 11 is 0. The Morgan fingerprint density at radius 3 is 2.50 bits per heavy atom. The van der Waals surface area contributed by atoms with Crippen LogP contribution >= 0.6 is 0 Å². The maximum Gasteiger partial charge on any atom is 0.335 e. The number of anilines is 1. The van der Waals surface area contributed by atoms with Crippen molar-refractivity contribution in [1.82, 2.24) is 0 Å². The van der Waals surface area contributed by atoms with Crippen LogP contribution < -0.4 is 5.32 Å². The van der Waals surface area contributed by atoms with Gasteiger partial charge in [0.2, 0.25) is 5.91 Å². The van der Waals surface area contributed by atoms with Gasteiger partial charge in [-0.2, -0.15) is 0 Å². The third kappa shape index (κ3) is 4.50. The number of carbonyl (C=O) groups is 2.